The van der Waals surface area contributed by atoms with Crippen LogP contribution in [-0.2, 0) is 6.42 Å². The topological polar surface area (TPSA) is 50.7 Å². The van der Waals surface area contributed by atoms with E-state index in [1.165, 1.54) is 11.3 Å². The van der Waals surface area contributed by atoms with Gasteiger partial charge in [-0.3, -0.25) is 4.98 Å². The summed E-state index contributed by atoms with van der Waals surface area (Å²) in [4.78, 5) is 13.4. The summed E-state index contributed by atoms with van der Waals surface area (Å²) in [5.74, 6) is 1.26. The minimum Gasteiger partial charge on any atom is -0.370 e. The van der Waals surface area contributed by atoms with Gasteiger partial charge < -0.3 is 5.32 Å². The van der Waals surface area contributed by atoms with Crippen molar-refractivity contribution in [3.05, 3.63) is 47.2 Å². The van der Waals surface area contributed by atoms with Crippen LogP contribution in [-0.4, -0.2) is 21.5 Å². The van der Waals surface area contributed by atoms with Crippen molar-refractivity contribution in [2.24, 2.45) is 0 Å². The largest absolute Gasteiger partial charge is 0.370 e. The molecule has 1 unspecified atom stereocenters. The second kappa shape index (κ2) is 4.96. The van der Waals surface area contributed by atoms with E-state index < -0.39 is 0 Å². The normalized spacial score (nSPS) is 17.3. The molecular formula is C15H18N4. The van der Waals surface area contributed by atoms with Gasteiger partial charge in [0.1, 0.15) is 12.1 Å². The lowest BCUT2D eigenvalue weighted by Gasteiger charge is -2.15. The van der Waals surface area contributed by atoms with Crippen molar-refractivity contribution in [3.8, 4) is 0 Å². The number of hydrogen-bond acceptors (Lipinski definition) is 4. The third-order valence-electron chi connectivity index (χ3n) is 3.76. The summed E-state index contributed by atoms with van der Waals surface area (Å²) in [6.45, 7) is 5.04. The van der Waals surface area contributed by atoms with Gasteiger partial charge in [-0.05, 0) is 38.3 Å². The summed E-state index contributed by atoms with van der Waals surface area (Å²) >= 11 is 0. The highest BCUT2D eigenvalue weighted by atomic mass is 15.0. The van der Waals surface area contributed by atoms with Crippen LogP contribution in [0.3, 0.4) is 0 Å². The molecule has 4 heteroatoms. The van der Waals surface area contributed by atoms with Gasteiger partial charge in [0.2, 0.25) is 0 Å². The maximum atomic E-state index is 4.55. The first-order chi connectivity index (χ1) is 9.31. The number of nitrogens with zero attached hydrogens (tertiary/aromatic N) is 3. The number of anilines is 1. The highest BCUT2D eigenvalue weighted by Gasteiger charge is 2.28. The Balaban J connectivity index is 2.02. The van der Waals surface area contributed by atoms with E-state index >= 15 is 0 Å². The van der Waals surface area contributed by atoms with E-state index in [1.54, 1.807) is 6.33 Å². The van der Waals surface area contributed by atoms with Crippen molar-refractivity contribution in [2.45, 2.75) is 32.6 Å². The highest BCUT2D eigenvalue weighted by Crippen LogP contribution is 2.37. The van der Waals surface area contributed by atoms with Gasteiger partial charge in [-0.15, -0.1) is 0 Å². The van der Waals surface area contributed by atoms with Gasteiger partial charge in [-0.1, -0.05) is 6.07 Å². The van der Waals surface area contributed by atoms with Crippen LogP contribution in [0.25, 0.3) is 0 Å². The van der Waals surface area contributed by atoms with Gasteiger partial charge in [-0.25, -0.2) is 9.97 Å². The highest BCUT2D eigenvalue weighted by molar-refractivity contribution is 5.48. The summed E-state index contributed by atoms with van der Waals surface area (Å²) in [5, 5.41) is 3.29. The lowest BCUT2D eigenvalue weighted by atomic mass is 9.98. The molecule has 1 aliphatic rings. The number of rotatable bonds is 3. The molecule has 0 amide bonds. The Bertz CT molecular complexity index is 594. The van der Waals surface area contributed by atoms with Crippen LogP contribution in [0, 0.1) is 6.92 Å². The second-order valence-electron chi connectivity index (χ2n) is 4.90. The molecular weight excluding hydrogens is 236 g/mol. The number of nitrogens with one attached hydrogen (secondary N) is 1. The smallest absolute Gasteiger partial charge is 0.132 e. The minimum absolute atomic E-state index is 0.316. The molecule has 1 aliphatic carbocycles. The average molecular weight is 254 g/mol. The standard InChI is InChI=1S/C15H18N4/c1-3-16-15-10(2)13(18-9-19-15)12-7-6-11-5-4-8-17-14(11)12/h4-5,8-9,12H,3,6-7H2,1-2H3,(H,16,18,19). The van der Waals surface area contributed by atoms with Gasteiger partial charge in [0.05, 0.1) is 11.4 Å². The lowest BCUT2D eigenvalue weighted by molar-refractivity contribution is 0.735. The molecule has 98 valence electrons. The maximum Gasteiger partial charge on any atom is 0.132 e. The van der Waals surface area contributed by atoms with Crippen molar-refractivity contribution in [1.82, 2.24) is 15.0 Å². The molecule has 3 rings (SSSR count). The predicted molar refractivity (Wildman–Crippen MR) is 75.3 cm³/mol. The fraction of sp³-hybridized carbons (Fsp3) is 0.400. The first kappa shape index (κ1) is 12.1. The Kier molecular flexibility index (Phi) is 3.15. The summed E-state index contributed by atoms with van der Waals surface area (Å²) in [6, 6.07) is 4.18. The van der Waals surface area contributed by atoms with Crippen LogP contribution < -0.4 is 5.32 Å². The summed E-state index contributed by atoms with van der Waals surface area (Å²) in [5.41, 5.74) is 4.80. The van der Waals surface area contributed by atoms with E-state index in [0.29, 0.717) is 5.92 Å². The van der Waals surface area contributed by atoms with Crippen LogP contribution in [0.15, 0.2) is 24.7 Å². The summed E-state index contributed by atoms with van der Waals surface area (Å²) in [7, 11) is 0. The van der Waals surface area contributed by atoms with Crippen LogP contribution >= 0.6 is 0 Å². The molecule has 0 aliphatic heterocycles. The van der Waals surface area contributed by atoms with Gasteiger partial charge in [0, 0.05) is 24.2 Å². The predicted octanol–water partition coefficient (Wildman–Crippen LogP) is 2.69. The van der Waals surface area contributed by atoms with Crippen molar-refractivity contribution < 1.29 is 0 Å². The molecule has 0 bridgehead atoms. The molecule has 19 heavy (non-hydrogen) atoms. The Morgan fingerprint density at radius 2 is 2.16 bits per heavy atom. The van der Waals surface area contributed by atoms with Crippen LogP contribution in [0.5, 0.6) is 0 Å². The third-order valence-corrected chi connectivity index (χ3v) is 3.76. The van der Waals surface area contributed by atoms with E-state index in [-0.39, 0.29) is 0 Å². The number of pyridine rings is 1. The number of aromatic nitrogens is 3. The summed E-state index contributed by atoms with van der Waals surface area (Å²) < 4.78 is 0. The average Bonchev–Trinajstić information content (AvgIpc) is 2.85. The fourth-order valence-corrected chi connectivity index (χ4v) is 2.84. The monoisotopic (exact) mass is 254 g/mol. The molecule has 2 aromatic heterocycles. The third kappa shape index (κ3) is 2.07. The fourth-order valence-electron chi connectivity index (χ4n) is 2.84. The Labute approximate surface area is 113 Å². The van der Waals surface area contributed by atoms with Crippen LogP contribution in [0.4, 0.5) is 5.82 Å². The molecule has 2 heterocycles. The second-order valence-corrected chi connectivity index (χ2v) is 4.90. The van der Waals surface area contributed by atoms with E-state index in [9.17, 15) is 0 Å². The molecule has 0 aromatic carbocycles. The van der Waals surface area contributed by atoms with Gasteiger partial charge >= 0.3 is 0 Å². The van der Waals surface area contributed by atoms with E-state index in [2.05, 4.69) is 40.2 Å². The van der Waals surface area contributed by atoms with Crippen LogP contribution in [0.1, 0.15) is 41.8 Å². The minimum atomic E-state index is 0.316. The number of hydrogen-bond donors (Lipinski definition) is 1. The molecule has 0 fully saturated rings. The number of aryl methyl sites for hydroxylation is 1. The first-order valence-corrected chi connectivity index (χ1v) is 6.80. The molecule has 0 saturated heterocycles. The summed E-state index contributed by atoms with van der Waals surface area (Å²) in [6.07, 6.45) is 5.71. The SMILES string of the molecule is CCNc1ncnc(C2CCc3cccnc32)c1C. The molecule has 0 spiro atoms. The molecule has 4 nitrogen and oxygen atoms in total. The molecule has 0 saturated carbocycles. The van der Waals surface area contributed by atoms with Crippen molar-refractivity contribution in [3.63, 3.8) is 0 Å². The van der Waals surface area contributed by atoms with Gasteiger partial charge in [0.15, 0.2) is 0 Å². The molecule has 1 N–H and O–H groups in total. The van der Waals surface area contributed by atoms with Gasteiger partial charge in [-0.2, -0.15) is 0 Å². The quantitative estimate of drug-likeness (QED) is 0.915. The van der Waals surface area contributed by atoms with Gasteiger partial charge in [0.25, 0.3) is 0 Å². The number of fused-ring (bicyclic) bond motifs is 1. The van der Waals surface area contributed by atoms with E-state index in [4.69, 9.17) is 0 Å². The Hall–Kier alpha value is -1.97. The van der Waals surface area contributed by atoms with E-state index in [1.807, 2.05) is 12.3 Å². The maximum absolute atomic E-state index is 4.55. The Morgan fingerprint density at radius 3 is 3.00 bits per heavy atom. The molecule has 1 atom stereocenters. The van der Waals surface area contributed by atoms with Crippen molar-refractivity contribution >= 4 is 5.82 Å². The zero-order valence-electron chi connectivity index (χ0n) is 11.3. The lowest BCUT2D eigenvalue weighted by Crippen LogP contribution is -2.09. The zero-order valence-corrected chi connectivity index (χ0v) is 11.3. The van der Waals surface area contributed by atoms with E-state index in [0.717, 1.165) is 36.5 Å². The first-order valence-electron chi connectivity index (χ1n) is 6.80. The zero-order chi connectivity index (χ0) is 13.2. The molecule has 0 radical (unpaired) electrons. The Morgan fingerprint density at radius 1 is 1.26 bits per heavy atom. The van der Waals surface area contributed by atoms with Crippen molar-refractivity contribution in [1.29, 1.82) is 0 Å². The van der Waals surface area contributed by atoms with Crippen LogP contribution in [0.2, 0.25) is 0 Å². The molecule has 2 aromatic rings. The van der Waals surface area contributed by atoms with Crippen molar-refractivity contribution in [2.75, 3.05) is 11.9 Å².